The average molecular weight is 419 g/mol. The first kappa shape index (κ1) is 14.1. The van der Waals surface area contributed by atoms with Crippen molar-refractivity contribution < 1.29 is 26.3 Å². The minimum absolute atomic E-state index is 0.0200. The first-order valence-electron chi connectivity index (χ1n) is 3.67. The maximum atomic E-state index is 12.5. The van der Waals surface area contributed by atoms with E-state index in [-0.39, 0.29) is 4.47 Å². The zero-order chi connectivity index (χ0) is 12.7. The summed E-state index contributed by atoms with van der Waals surface area (Å²) in [6.07, 6.45) is -10.1. The summed E-state index contributed by atoms with van der Waals surface area (Å²) in [6, 6.07) is 1.36. The number of halogens is 8. The third-order valence-corrected chi connectivity index (χ3v) is 4.21. The van der Waals surface area contributed by atoms with Crippen LogP contribution in [0.25, 0.3) is 0 Å². The van der Waals surface area contributed by atoms with Crippen molar-refractivity contribution in [2.24, 2.45) is 0 Å². The van der Waals surface area contributed by atoms with Crippen LogP contribution in [0.2, 0.25) is 0 Å². The van der Waals surface area contributed by atoms with E-state index in [1.807, 2.05) is 0 Å². The topological polar surface area (TPSA) is 0 Å². The van der Waals surface area contributed by atoms with Gasteiger partial charge in [-0.15, -0.1) is 0 Å². The molecule has 1 rings (SSSR count). The van der Waals surface area contributed by atoms with Crippen molar-refractivity contribution in [2.45, 2.75) is 12.4 Å². The Hall–Kier alpha value is 0.01000. The summed E-state index contributed by atoms with van der Waals surface area (Å²) in [4.78, 5) is 0. The second-order valence-corrected chi connectivity index (χ2v) is 4.71. The Kier molecular flexibility index (Phi) is 3.83. The van der Waals surface area contributed by atoms with Crippen LogP contribution in [0.4, 0.5) is 26.3 Å². The van der Waals surface area contributed by atoms with Gasteiger partial charge in [-0.1, -0.05) is 0 Å². The standard InChI is InChI=1S/C8H2BrF6I/c9-4-2-1-3(7(10,11)12)5(6(4)16)8(13,14)15/h1-2H. The molecule has 0 unspecified atom stereocenters. The van der Waals surface area contributed by atoms with Gasteiger partial charge in [0.05, 0.1) is 11.1 Å². The van der Waals surface area contributed by atoms with E-state index >= 15 is 0 Å². The second-order valence-electron chi connectivity index (χ2n) is 2.78. The number of hydrogen-bond donors (Lipinski definition) is 0. The summed E-state index contributed by atoms with van der Waals surface area (Å²) in [5.41, 5.74) is -3.33. The molecule has 0 amide bonds. The van der Waals surface area contributed by atoms with Crippen molar-refractivity contribution >= 4 is 38.5 Å². The Labute approximate surface area is 108 Å². The van der Waals surface area contributed by atoms with Gasteiger partial charge < -0.3 is 0 Å². The van der Waals surface area contributed by atoms with Crippen LogP contribution in [0.15, 0.2) is 16.6 Å². The Morgan fingerprint density at radius 3 is 1.81 bits per heavy atom. The molecule has 0 saturated heterocycles. The van der Waals surface area contributed by atoms with Crippen LogP contribution < -0.4 is 0 Å². The van der Waals surface area contributed by atoms with Crippen LogP contribution in [0, 0.1) is 3.57 Å². The van der Waals surface area contributed by atoms with E-state index in [2.05, 4.69) is 15.9 Å². The number of hydrogen-bond acceptors (Lipinski definition) is 0. The second kappa shape index (κ2) is 4.35. The molecule has 1 aromatic rings. The van der Waals surface area contributed by atoms with E-state index in [1.54, 1.807) is 0 Å². The third-order valence-electron chi connectivity index (χ3n) is 1.68. The molecular formula is C8H2BrF6I. The van der Waals surface area contributed by atoms with Gasteiger partial charge in [0.1, 0.15) is 0 Å². The maximum absolute atomic E-state index is 12.5. The fraction of sp³-hybridized carbons (Fsp3) is 0.250. The van der Waals surface area contributed by atoms with Gasteiger partial charge in [0.25, 0.3) is 0 Å². The minimum Gasteiger partial charge on any atom is -0.166 e. The number of alkyl halides is 6. The fourth-order valence-corrected chi connectivity index (χ4v) is 2.17. The smallest absolute Gasteiger partial charge is 0.166 e. The lowest BCUT2D eigenvalue weighted by Gasteiger charge is -2.17. The molecule has 0 bridgehead atoms. The molecular weight excluding hydrogens is 417 g/mol. The lowest BCUT2D eigenvalue weighted by molar-refractivity contribution is -0.162. The van der Waals surface area contributed by atoms with Gasteiger partial charge in [0.15, 0.2) is 0 Å². The summed E-state index contributed by atoms with van der Waals surface area (Å²) in [7, 11) is 0. The zero-order valence-electron chi connectivity index (χ0n) is 7.18. The molecule has 0 nitrogen and oxygen atoms in total. The molecule has 8 heteroatoms. The van der Waals surface area contributed by atoms with Gasteiger partial charge >= 0.3 is 12.4 Å². The molecule has 0 aliphatic heterocycles. The molecule has 0 radical (unpaired) electrons. The minimum atomic E-state index is -5.04. The molecule has 0 N–H and O–H groups in total. The van der Waals surface area contributed by atoms with Crippen LogP contribution in [0.1, 0.15) is 11.1 Å². The van der Waals surface area contributed by atoms with Gasteiger partial charge in [-0.2, -0.15) is 26.3 Å². The van der Waals surface area contributed by atoms with Gasteiger partial charge in [0, 0.05) is 8.04 Å². The Morgan fingerprint density at radius 2 is 1.44 bits per heavy atom. The Balaban J connectivity index is 3.59. The van der Waals surface area contributed by atoms with E-state index in [4.69, 9.17) is 0 Å². The summed E-state index contributed by atoms with van der Waals surface area (Å²) >= 11 is 3.99. The van der Waals surface area contributed by atoms with Gasteiger partial charge in [-0.25, -0.2) is 0 Å². The predicted molar refractivity (Wildman–Crippen MR) is 56.9 cm³/mol. The van der Waals surface area contributed by atoms with E-state index < -0.39 is 27.0 Å². The van der Waals surface area contributed by atoms with Crippen molar-refractivity contribution in [1.29, 1.82) is 0 Å². The molecule has 0 fully saturated rings. The van der Waals surface area contributed by atoms with Crippen molar-refractivity contribution in [3.05, 3.63) is 31.3 Å². The average Bonchev–Trinajstić information content (AvgIpc) is 2.05. The first-order valence-corrected chi connectivity index (χ1v) is 5.54. The fourth-order valence-electron chi connectivity index (χ4n) is 1.06. The lowest BCUT2D eigenvalue weighted by atomic mass is 10.1. The highest BCUT2D eigenvalue weighted by atomic mass is 127. The molecule has 0 aliphatic rings. The van der Waals surface area contributed by atoms with Crippen molar-refractivity contribution in [1.82, 2.24) is 0 Å². The van der Waals surface area contributed by atoms with E-state index in [0.29, 0.717) is 6.07 Å². The highest BCUT2D eigenvalue weighted by Crippen LogP contribution is 2.44. The molecule has 90 valence electrons. The molecule has 0 atom stereocenters. The number of benzene rings is 1. The normalized spacial score (nSPS) is 13.0. The molecule has 0 saturated carbocycles. The summed E-state index contributed by atoms with van der Waals surface area (Å²) in [6.45, 7) is 0. The van der Waals surface area contributed by atoms with E-state index in [1.165, 1.54) is 22.6 Å². The van der Waals surface area contributed by atoms with Crippen LogP contribution in [0.5, 0.6) is 0 Å². The molecule has 0 spiro atoms. The molecule has 0 aromatic heterocycles. The van der Waals surface area contributed by atoms with Crippen LogP contribution in [0.3, 0.4) is 0 Å². The summed E-state index contributed by atoms with van der Waals surface area (Å²) < 4.78 is 74.1. The van der Waals surface area contributed by atoms with E-state index in [0.717, 1.165) is 6.07 Å². The highest BCUT2D eigenvalue weighted by Gasteiger charge is 2.44. The molecule has 0 heterocycles. The third kappa shape index (κ3) is 2.82. The lowest BCUT2D eigenvalue weighted by Crippen LogP contribution is -2.18. The maximum Gasteiger partial charge on any atom is 0.418 e. The van der Waals surface area contributed by atoms with Crippen molar-refractivity contribution in [2.75, 3.05) is 0 Å². The molecule has 1 aromatic carbocycles. The predicted octanol–water partition coefficient (Wildman–Crippen LogP) is 5.09. The van der Waals surface area contributed by atoms with Crippen molar-refractivity contribution in [3.63, 3.8) is 0 Å². The monoisotopic (exact) mass is 418 g/mol. The van der Waals surface area contributed by atoms with E-state index in [9.17, 15) is 26.3 Å². The zero-order valence-corrected chi connectivity index (χ0v) is 10.9. The van der Waals surface area contributed by atoms with Crippen molar-refractivity contribution in [3.8, 4) is 0 Å². The van der Waals surface area contributed by atoms with Gasteiger partial charge in [-0.3, -0.25) is 0 Å². The Morgan fingerprint density at radius 1 is 0.938 bits per heavy atom. The summed E-state index contributed by atoms with van der Waals surface area (Å²) in [5.74, 6) is 0. The SMILES string of the molecule is FC(F)(F)c1ccc(Br)c(I)c1C(F)(F)F. The molecule has 0 aliphatic carbocycles. The van der Waals surface area contributed by atoms with Crippen LogP contribution in [-0.4, -0.2) is 0 Å². The van der Waals surface area contributed by atoms with Crippen LogP contribution >= 0.6 is 38.5 Å². The highest BCUT2D eigenvalue weighted by molar-refractivity contribution is 14.1. The largest absolute Gasteiger partial charge is 0.418 e. The first-order chi connectivity index (χ1) is 7.05. The van der Waals surface area contributed by atoms with Crippen LogP contribution in [-0.2, 0) is 12.4 Å². The summed E-state index contributed by atoms with van der Waals surface area (Å²) in [5, 5.41) is 0. The van der Waals surface area contributed by atoms with Gasteiger partial charge in [-0.05, 0) is 50.7 Å². The number of rotatable bonds is 0. The molecule has 16 heavy (non-hydrogen) atoms. The Bertz CT molecular complexity index is 408. The van der Waals surface area contributed by atoms with Gasteiger partial charge in [0.2, 0.25) is 0 Å². The quantitative estimate of drug-likeness (QED) is 0.406.